The molecule has 4 nitrogen and oxygen atoms in total. The predicted octanol–water partition coefficient (Wildman–Crippen LogP) is 3.33. The van der Waals surface area contributed by atoms with Gasteiger partial charge in [-0.3, -0.25) is 0 Å². The maximum absolute atomic E-state index is 11.5. The molecule has 0 fully saturated rings. The van der Waals surface area contributed by atoms with E-state index in [-0.39, 0.29) is 35.7 Å². The van der Waals surface area contributed by atoms with Gasteiger partial charge >= 0.3 is 29.6 Å². The molecule has 2 unspecified atom stereocenters. The number of aliphatic hydroxyl groups excluding tert-OH is 1. The summed E-state index contributed by atoms with van der Waals surface area (Å²) >= 11 is 0. The molecule has 28 heavy (non-hydrogen) atoms. The van der Waals surface area contributed by atoms with Crippen molar-refractivity contribution < 1.29 is 47.6 Å². The zero-order valence-corrected chi connectivity index (χ0v) is 21.8. The topological polar surface area (TPSA) is 77.4 Å². The summed E-state index contributed by atoms with van der Waals surface area (Å²) in [6.45, 7) is 4.29. The molecule has 2 atom stereocenters. The van der Waals surface area contributed by atoms with Crippen LogP contribution in [-0.4, -0.2) is 29.4 Å². The maximum Gasteiger partial charge on any atom is 1.00 e. The van der Waals surface area contributed by atoms with E-state index >= 15 is 0 Å². The number of aliphatic hydroxyl groups is 1. The molecule has 0 radical (unpaired) electrons. The Morgan fingerprint density at radius 1 is 0.643 bits per heavy atom. The Morgan fingerprint density at radius 3 is 1.43 bits per heavy atom. The van der Waals surface area contributed by atoms with Crippen molar-refractivity contribution in [1.82, 2.24) is 0 Å². The molecule has 6 heteroatoms. The van der Waals surface area contributed by atoms with Gasteiger partial charge in [-0.2, -0.15) is 0 Å². The first-order valence-corrected chi connectivity index (χ1v) is 13.0. The standard InChI is InChI=1S/C22H46O4S.Na/c1-3-5-6-7-8-12-15-19-22(27(24,25)26)20-16-13-10-9-11-14-18-21(23)17-4-2;/h21-23H,3-20H2,1-2H3,(H,24,25,26);/q;+1/p-1. The average Bonchev–Trinajstić information content (AvgIpc) is 2.60. The molecular formula is C22H45NaO4S. The van der Waals surface area contributed by atoms with Crippen molar-refractivity contribution >= 4 is 10.1 Å². The first kappa shape index (κ1) is 31.1. The fourth-order valence-electron chi connectivity index (χ4n) is 3.70. The van der Waals surface area contributed by atoms with Crippen molar-refractivity contribution in [2.24, 2.45) is 0 Å². The molecule has 0 rings (SSSR count). The van der Waals surface area contributed by atoms with E-state index in [4.69, 9.17) is 0 Å². The smallest absolute Gasteiger partial charge is 0.748 e. The second-order valence-corrected chi connectivity index (χ2v) is 9.82. The van der Waals surface area contributed by atoms with Crippen molar-refractivity contribution in [3.63, 3.8) is 0 Å². The number of unbranched alkanes of at least 4 members (excludes halogenated alkanes) is 11. The minimum Gasteiger partial charge on any atom is -0.748 e. The normalized spacial score (nSPS) is 13.9. The van der Waals surface area contributed by atoms with E-state index in [9.17, 15) is 18.1 Å². The molecule has 0 bridgehead atoms. The SMILES string of the molecule is CCCCCCCCCC(CCCCCCCCC(O)CCC)S(=O)(=O)[O-].[Na+]. The van der Waals surface area contributed by atoms with E-state index in [2.05, 4.69) is 13.8 Å². The van der Waals surface area contributed by atoms with Gasteiger partial charge < -0.3 is 9.66 Å². The van der Waals surface area contributed by atoms with Crippen LogP contribution in [0, 0.1) is 0 Å². The number of hydrogen-bond acceptors (Lipinski definition) is 4. The molecule has 0 heterocycles. The van der Waals surface area contributed by atoms with Crippen LogP contribution in [0.4, 0.5) is 0 Å². The molecule has 0 saturated heterocycles. The van der Waals surface area contributed by atoms with E-state index in [0.717, 1.165) is 77.0 Å². The summed E-state index contributed by atoms with van der Waals surface area (Å²) in [4.78, 5) is 0. The molecule has 0 aliphatic rings. The zero-order valence-electron chi connectivity index (χ0n) is 19.0. The third kappa shape index (κ3) is 20.2. The molecule has 1 N–H and O–H groups in total. The third-order valence-corrected chi connectivity index (χ3v) is 6.76. The monoisotopic (exact) mass is 428 g/mol. The molecule has 0 spiro atoms. The fourth-order valence-corrected chi connectivity index (χ4v) is 4.61. The Labute approximate surface area is 197 Å². The van der Waals surface area contributed by atoms with E-state index in [1.54, 1.807) is 0 Å². The summed E-state index contributed by atoms with van der Waals surface area (Å²) in [5.41, 5.74) is 0. The van der Waals surface area contributed by atoms with Crippen molar-refractivity contribution in [2.75, 3.05) is 0 Å². The van der Waals surface area contributed by atoms with Crippen LogP contribution in [0.15, 0.2) is 0 Å². The quantitative estimate of drug-likeness (QED) is 0.183. The Morgan fingerprint density at radius 2 is 1.04 bits per heavy atom. The van der Waals surface area contributed by atoms with Crippen LogP contribution in [0.1, 0.15) is 129 Å². The van der Waals surface area contributed by atoms with Crippen LogP contribution in [-0.2, 0) is 10.1 Å². The molecule has 0 aliphatic carbocycles. The Bertz CT molecular complexity index is 415. The molecule has 0 aromatic carbocycles. The number of rotatable bonds is 20. The first-order valence-electron chi connectivity index (χ1n) is 11.5. The maximum atomic E-state index is 11.5. The van der Waals surface area contributed by atoms with Crippen molar-refractivity contribution in [2.45, 2.75) is 141 Å². The Hall–Kier alpha value is 0.870. The molecule has 0 aliphatic heterocycles. The van der Waals surface area contributed by atoms with Gasteiger partial charge in [-0.05, 0) is 25.7 Å². The van der Waals surface area contributed by atoms with Crippen LogP contribution in [0.5, 0.6) is 0 Å². The van der Waals surface area contributed by atoms with Gasteiger partial charge in [-0.25, -0.2) is 8.42 Å². The largest absolute Gasteiger partial charge is 1.00 e. The summed E-state index contributed by atoms with van der Waals surface area (Å²) in [6, 6.07) is 0. The predicted molar refractivity (Wildman–Crippen MR) is 114 cm³/mol. The summed E-state index contributed by atoms with van der Waals surface area (Å²) in [6.07, 6.45) is 18.0. The van der Waals surface area contributed by atoms with Gasteiger partial charge in [0.2, 0.25) is 0 Å². The summed E-state index contributed by atoms with van der Waals surface area (Å²) < 4.78 is 34.4. The zero-order chi connectivity index (χ0) is 20.4. The number of hydrogen-bond donors (Lipinski definition) is 1. The molecule has 0 aromatic heterocycles. The summed E-state index contributed by atoms with van der Waals surface area (Å²) in [7, 11) is -4.16. The molecule has 0 aromatic rings. The van der Waals surface area contributed by atoms with Gasteiger partial charge in [0.1, 0.15) is 0 Å². The molecule has 0 saturated carbocycles. The molecular weight excluding hydrogens is 383 g/mol. The van der Waals surface area contributed by atoms with Crippen molar-refractivity contribution in [1.29, 1.82) is 0 Å². The first-order chi connectivity index (χ1) is 12.9. The van der Waals surface area contributed by atoms with Gasteiger partial charge in [0.05, 0.1) is 16.2 Å². The minimum absolute atomic E-state index is 0. The van der Waals surface area contributed by atoms with Crippen molar-refractivity contribution in [3.8, 4) is 0 Å². The minimum atomic E-state index is -4.16. The third-order valence-electron chi connectivity index (χ3n) is 5.47. The Balaban J connectivity index is 0. The second kappa shape index (κ2) is 21.1. The Kier molecular flexibility index (Phi) is 23.4. The molecule has 164 valence electrons. The van der Waals surface area contributed by atoms with E-state index in [1.807, 2.05) is 0 Å². The van der Waals surface area contributed by atoms with Crippen LogP contribution in [0.2, 0.25) is 0 Å². The van der Waals surface area contributed by atoms with Gasteiger partial charge in [0, 0.05) is 5.25 Å². The van der Waals surface area contributed by atoms with Crippen LogP contribution < -0.4 is 29.6 Å². The summed E-state index contributed by atoms with van der Waals surface area (Å²) in [5, 5.41) is 9.00. The van der Waals surface area contributed by atoms with Gasteiger partial charge in [-0.1, -0.05) is 104 Å². The van der Waals surface area contributed by atoms with Gasteiger partial charge in [0.25, 0.3) is 0 Å². The van der Waals surface area contributed by atoms with Gasteiger partial charge in [0.15, 0.2) is 0 Å². The van der Waals surface area contributed by atoms with Gasteiger partial charge in [-0.15, -0.1) is 0 Å². The average molecular weight is 429 g/mol. The fraction of sp³-hybridized carbons (Fsp3) is 1.00. The van der Waals surface area contributed by atoms with E-state index < -0.39 is 15.4 Å². The van der Waals surface area contributed by atoms with Crippen molar-refractivity contribution in [3.05, 3.63) is 0 Å². The van der Waals surface area contributed by atoms with Crippen LogP contribution in [0.3, 0.4) is 0 Å². The second-order valence-electron chi connectivity index (χ2n) is 8.17. The van der Waals surface area contributed by atoms with Crippen LogP contribution in [0.25, 0.3) is 0 Å². The van der Waals surface area contributed by atoms with Crippen LogP contribution >= 0.6 is 0 Å². The van der Waals surface area contributed by atoms with E-state index in [0.29, 0.717) is 12.8 Å². The molecule has 0 amide bonds. The van der Waals surface area contributed by atoms with E-state index in [1.165, 1.54) is 25.7 Å². The summed E-state index contributed by atoms with van der Waals surface area (Å²) in [5.74, 6) is 0.